The predicted molar refractivity (Wildman–Crippen MR) is 83.5 cm³/mol. The van der Waals surface area contributed by atoms with E-state index in [1.54, 1.807) is 6.92 Å². The summed E-state index contributed by atoms with van der Waals surface area (Å²) in [7, 11) is 0. The van der Waals surface area contributed by atoms with Crippen LogP contribution in [0.3, 0.4) is 0 Å². The summed E-state index contributed by atoms with van der Waals surface area (Å²) in [6.07, 6.45) is -1.91. The van der Waals surface area contributed by atoms with Gasteiger partial charge in [0.1, 0.15) is 12.4 Å². The van der Waals surface area contributed by atoms with Crippen molar-refractivity contribution in [3.63, 3.8) is 0 Å². The number of hydrogen-bond donors (Lipinski definition) is 0. The summed E-state index contributed by atoms with van der Waals surface area (Å²) >= 11 is 0. The Balaban J connectivity index is 1.94. The summed E-state index contributed by atoms with van der Waals surface area (Å²) in [6, 6.07) is 3.33. The summed E-state index contributed by atoms with van der Waals surface area (Å²) < 4.78 is 44.2. The molecule has 0 unspecified atom stereocenters. The van der Waals surface area contributed by atoms with Crippen molar-refractivity contribution in [3.05, 3.63) is 47.2 Å². The highest BCUT2D eigenvalue weighted by Crippen LogP contribution is 2.27. The molecule has 1 fully saturated rings. The van der Waals surface area contributed by atoms with Gasteiger partial charge in [0.2, 0.25) is 0 Å². The zero-order valence-electron chi connectivity index (χ0n) is 13.7. The van der Waals surface area contributed by atoms with Gasteiger partial charge in [-0.3, -0.25) is 9.88 Å². The number of aryl methyl sites for hydroxylation is 1. The van der Waals surface area contributed by atoms with Crippen molar-refractivity contribution in [2.75, 3.05) is 6.61 Å². The van der Waals surface area contributed by atoms with E-state index in [1.165, 1.54) is 17.2 Å². The molecule has 5 nitrogen and oxygen atoms in total. The molecule has 1 aliphatic rings. The van der Waals surface area contributed by atoms with Crippen LogP contribution >= 0.6 is 0 Å². The molecule has 0 bridgehead atoms. The van der Waals surface area contributed by atoms with E-state index in [0.717, 1.165) is 12.1 Å². The third-order valence-corrected chi connectivity index (χ3v) is 4.12. The van der Waals surface area contributed by atoms with Gasteiger partial charge in [-0.2, -0.15) is 0 Å². The van der Waals surface area contributed by atoms with Crippen LogP contribution in [-0.4, -0.2) is 33.6 Å². The molecule has 2 aromatic rings. The molecule has 1 amide bonds. The van der Waals surface area contributed by atoms with Gasteiger partial charge in [-0.05, 0) is 32.0 Å². The Morgan fingerprint density at radius 2 is 2.16 bits per heavy atom. The molecule has 8 heteroatoms. The number of carbonyl (C=O) groups excluding carboxylic acids is 1. The lowest BCUT2D eigenvalue weighted by Gasteiger charge is -2.18. The van der Waals surface area contributed by atoms with Crippen LogP contribution < -0.4 is 0 Å². The maximum Gasteiger partial charge on any atom is 0.410 e. The number of halogens is 3. The number of amides is 1. The number of cyclic esters (lactones) is 1. The van der Waals surface area contributed by atoms with Crippen LogP contribution in [0.4, 0.5) is 18.0 Å². The van der Waals surface area contributed by atoms with Crippen LogP contribution in [0, 0.1) is 12.7 Å². The first kappa shape index (κ1) is 17.2. The molecular formula is C17H16F3N3O2. The maximum absolute atomic E-state index is 13.5. The van der Waals surface area contributed by atoms with E-state index in [1.807, 2.05) is 6.92 Å². The molecule has 25 heavy (non-hydrogen) atoms. The van der Waals surface area contributed by atoms with Gasteiger partial charge in [0.05, 0.1) is 41.4 Å². The average molecular weight is 351 g/mol. The first-order chi connectivity index (χ1) is 11.9. The monoisotopic (exact) mass is 351 g/mol. The highest BCUT2D eigenvalue weighted by Gasteiger charge is 2.30. The number of aromatic nitrogens is 2. The molecule has 0 N–H and O–H groups in total. The molecule has 1 atom stereocenters. The smallest absolute Gasteiger partial charge is 0.410 e. The zero-order valence-corrected chi connectivity index (χ0v) is 13.7. The second kappa shape index (κ2) is 6.70. The average Bonchev–Trinajstić information content (AvgIpc) is 2.89. The maximum atomic E-state index is 13.5. The lowest BCUT2D eigenvalue weighted by Crippen LogP contribution is -2.31. The van der Waals surface area contributed by atoms with Crippen molar-refractivity contribution in [1.29, 1.82) is 0 Å². The number of benzene rings is 1. The molecular weight excluding hydrogens is 335 g/mol. The van der Waals surface area contributed by atoms with Gasteiger partial charge >= 0.3 is 6.09 Å². The van der Waals surface area contributed by atoms with E-state index >= 15 is 0 Å². The third-order valence-electron chi connectivity index (χ3n) is 4.12. The third kappa shape index (κ3) is 3.42. The van der Waals surface area contributed by atoms with Crippen molar-refractivity contribution >= 4 is 6.09 Å². The predicted octanol–water partition coefficient (Wildman–Crippen LogP) is 3.87. The normalized spacial score (nSPS) is 17.3. The van der Waals surface area contributed by atoms with Crippen molar-refractivity contribution < 1.29 is 22.7 Å². The van der Waals surface area contributed by atoms with Gasteiger partial charge in [0.15, 0.2) is 0 Å². The van der Waals surface area contributed by atoms with Gasteiger partial charge in [-0.15, -0.1) is 0 Å². The standard InChI is InChI=1S/C17H16F3N3O2/c1-9-8-25-17(24)23(9)7-15-10(2)21-6-14(22-15)11-3-4-13(18)12(5-11)16(19)20/h3-6,9,16H,7-8H2,1-2H3/t9-/m0/s1. The fourth-order valence-corrected chi connectivity index (χ4v) is 2.57. The number of nitrogens with zero attached hydrogens (tertiary/aromatic N) is 3. The topological polar surface area (TPSA) is 55.3 Å². The minimum atomic E-state index is -2.92. The number of ether oxygens (including phenoxy) is 1. The van der Waals surface area contributed by atoms with Gasteiger partial charge < -0.3 is 4.74 Å². The number of carbonyl (C=O) groups is 1. The number of hydrogen-bond acceptors (Lipinski definition) is 4. The molecule has 0 aliphatic carbocycles. The molecule has 1 aliphatic heterocycles. The molecule has 1 saturated heterocycles. The minimum Gasteiger partial charge on any atom is -0.447 e. The number of alkyl halides is 2. The Bertz CT molecular complexity index is 814. The molecule has 1 aromatic carbocycles. The van der Waals surface area contributed by atoms with Crippen LogP contribution in [0.25, 0.3) is 11.3 Å². The Morgan fingerprint density at radius 3 is 2.80 bits per heavy atom. The van der Waals surface area contributed by atoms with E-state index in [0.29, 0.717) is 29.3 Å². The summed E-state index contributed by atoms with van der Waals surface area (Å²) in [4.78, 5) is 21.9. The molecule has 2 heterocycles. The van der Waals surface area contributed by atoms with Crippen LogP contribution in [-0.2, 0) is 11.3 Å². The van der Waals surface area contributed by atoms with E-state index in [2.05, 4.69) is 9.97 Å². The quantitative estimate of drug-likeness (QED) is 0.839. The second-order valence-corrected chi connectivity index (χ2v) is 5.88. The molecule has 0 radical (unpaired) electrons. The Labute approximate surface area is 142 Å². The molecule has 3 rings (SSSR count). The number of rotatable bonds is 4. The molecule has 1 aromatic heterocycles. The van der Waals surface area contributed by atoms with Gasteiger partial charge in [0, 0.05) is 5.56 Å². The fourth-order valence-electron chi connectivity index (χ4n) is 2.57. The lowest BCUT2D eigenvalue weighted by atomic mass is 10.1. The highest BCUT2D eigenvalue weighted by atomic mass is 19.3. The highest BCUT2D eigenvalue weighted by molar-refractivity contribution is 5.70. The zero-order chi connectivity index (χ0) is 18.1. The first-order valence-corrected chi connectivity index (χ1v) is 7.70. The van der Waals surface area contributed by atoms with Crippen LogP contribution in [0.1, 0.15) is 30.3 Å². The van der Waals surface area contributed by atoms with E-state index in [4.69, 9.17) is 4.74 Å². The minimum absolute atomic E-state index is 0.0892. The lowest BCUT2D eigenvalue weighted by molar-refractivity contribution is 0.146. The van der Waals surface area contributed by atoms with Gasteiger partial charge in [-0.1, -0.05) is 0 Å². The largest absolute Gasteiger partial charge is 0.447 e. The molecule has 0 saturated carbocycles. The van der Waals surface area contributed by atoms with Crippen molar-refractivity contribution in [2.24, 2.45) is 0 Å². The van der Waals surface area contributed by atoms with E-state index in [9.17, 15) is 18.0 Å². The summed E-state index contributed by atoms with van der Waals surface area (Å²) in [5, 5.41) is 0. The summed E-state index contributed by atoms with van der Waals surface area (Å²) in [6.45, 7) is 4.11. The first-order valence-electron chi connectivity index (χ1n) is 7.70. The van der Waals surface area contributed by atoms with Gasteiger partial charge in [-0.25, -0.2) is 22.9 Å². The Hall–Kier alpha value is -2.64. The fraction of sp³-hybridized carbons (Fsp3) is 0.353. The van der Waals surface area contributed by atoms with Gasteiger partial charge in [0.25, 0.3) is 6.43 Å². The van der Waals surface area contributed by atoms with Crippen molar-refractivity contribution in [3.8, 4) is 11.3 Å². The summed E-state index contributed by atoms with van der Waals surface area (Å²) in [5.41, 5.74) is 1.14. The van der Waals surface area contributed by atoms with Crippen LogP contribution in [0.5, 0.6) is 0 Å². The van der Waals surface area contributed by atoms with E-state index in [-0.39, 0.29) is 12.6 Å². The SMILES string of the molecule is Cc1ncc(-c2ccc(F)c(C(F)F)c2)nc1CN1C(=O)OC[C@@H]1C. The second-order valence-electron chi connectivity index (χ2n) is 5.88. The van der Waals surface area contributed by atoms with Crippen molar-refractivity contribution in [1.82, 2.24) is 14.9 Å². The summed E-state index contributed by atoms with van der Waals surface area (Å²) in [5.74, 6) is -0.965. The Morgan fingerprint density at radius 1 is 1.40 bits per heavy atom. The molecule has 132 valence electrons. The van der Waals surface area contributed by atoms with Crippen LogP contribution in [0.2, 0.25) is 0 Å². The van der Waals surface area contributed by atoms with Crippen molar-refractivity contribution in [2.45, 2.75) is 32.9 Å². The van der Waals surface area contributed by atoms with E-state index < -0.39 is 23.9 Å². The molecule has 0 spiro atoms. The van der Waals surface area contributed by atoms with Crippen LogP contribution in [0.15, 0.2) is 24.4 Å². The Kier molecular flexibility index (Phi) is 4.61.